The summed E-state index contributed by atoms with van der Waals surface area (Å²) in [7, 11) is 1.63. The van der Waals surface area contributed by atoms with Crippen LogP contribution in [0.25, 0.3) is 0 Å². The summed E-state index contributed by atoms with van der Waals surface area (Å²) in [4.78, 5) is 18.7. The van der Waals surface area contributed by atoms with E-state index in [-0.39, 0.29) is 11.9 Å². The van der Waals surface area contributed by atoms with E-state index in [0.717, 1.165) is 15.6 Å². The van der Waals surface area contributed by atoms with Gasteiger partial charge >= 0.3 is 0 Å². The van der Waals surface area contributed by atoms with Gasteiger partial charge in [-0.2, -0.15) is 0 Å². The molecule has 1 heterocycles. The lowest BCUT2D eigenvalue weighted by Gasteiger charge is -2.26. The highest BCUT2D eigenvalue weighted by Gasteiger charge is 2.49. The van der Waals surface area contributed by atoms with E-state index in [4.69, 9.17) is 5.73 Å². The summed E-state index contributed by atoms with van der Waals surface area (Å²) in [5.41, 5.74) is 6.32. The summed E-state index contributed by atoms with van der Waals surface area (Å²) in [6.07, 6.45) is 0. The van der Waals surface area contributed by atoms with Gasteiger partial charge in [0.2, 0.25) is 0 Å². The quantitative estimate of drug-likeness (QED) is 0.910. The molecule has 0 saturated carbocycles. The normalized spacial score (nSPS) is 21.5. The molecule has 0 aromatic heterocycles. The van der Waals surface area contributed by atoms with Gasteiger partial charge in [0.1, 0.15) is 0 Å². The third-order valence-electron chi connectivity index (χ3n) is 3.62. The van der Waals surface area contributed by atoms with Gasteiger partial charge < -0.3 is 5.73 Å². The molecule has 1 atom stereocenters. The van der Waals surface area contributed by atoms with Crippen molar-refractivity contribution in [3.8, 4) is 0 Å². The van der Waals surface area contributed by atoms with Crippen molar-refractivity contribution in [2.24, 2.45) is 10.7 Å². The SMILES string of the molecule is CN1C(=O)C(c2cc[c]cc2)(c2cccc(Br)c2)N=C1N. The number of likely N-dealkylation sites (N-methyl/N-ethyl adjacent to an activating group) is 1. The van der Waals surface area contributed by atoms with E-state index < -0.39 is 5.54 Å². The smallest absolute Gasteiger partial charge is 0.266 e. The number of rotatable bonds is 2. The molecule has 1 radical (unpaired) electrons. The van der Waals surface area contributed by atoms with E-state index >= 15 is 0 Å². The van der Waals surface area contributed by atoms with Gasteiger partial charge in [0, 0.05) is 11.5 Å². The van der Waals surface area contributed by atoms with Crippen LogP contribution >= 0.6 is 15.9 Å². The molecule has 1 unspecified atom stereocenters. The van der Waals surface area contributed by atoms with Gasteiger partial charge in [0.15, 0.2) is 11.5 Å². The average Bonchev–Trinajstić information content (AvgIpc) is 2.73. The third kappa shape index (κ3) is 2.05. The molecule has 0 aliphatic carbocycles. The Morgan fingerprint density at radius 3 is 2.52 bits per heavy atom. The number of halogens is 1. The Bertz CT molecular complexity index is 729. The van der Waals surface area contributed by atoms with Crippen molar-refractivity contribution >= 4 is 27.8 Å². The zero-order valence-electron chi connectivity index (χ0n) is 11.4. The molecular formula is C16H13BrN3O. The maximum absolute atomic E-state index is 12.9. The van der Waals surface area contributed by atoms with Crippen LogP contribution in [0.1, 0.15) is 11.1 Å². The highest BCUT2D eigenvalue weighted by atomic mass is 79.9. The van der Waals surface area contributed by atoms with Crippen molar-refractivity contribution in [1.82, 2.24) is 4.90 Å². The third-order valence-corrected chi connectivity index (χ3v) is 4.11. The molecule has 21 heavy (non-hydrogen) atoms. The van der Waals surface area contributed by atoms with E-state index in [1.54, 1.807) is 19.2 Å². The monoisotopic (exact) mass is 342 g/mol. The lowest BCUT2D eigenvalue weighted by atomic mass is 9.83. The summed E-state index contributed by atoms with van der Waals surface area (Å²) < 4.78 is 0.887. The zero-order chi connectivity index (χ0) is 15.0. The second kappa shape index (κ2) is 5.00. The zero-order valence-corrected chi connectivity index (χ0v) is 13.0. The number of benzene rings is 2. The van der Waals surface area contributed by atoms with Crippen molar-refractivity contribution in [3.05, 3.63) is 70.2 Å². The fourth-order valence-electron chi connectivity index (χ4n) is 2.53. The molecule has 0 fully saturated rings. The molecule has 1 aliphatic heterocycles. The number of aliphatic imine (C=N–C) groups is 1. The Morgan fingerprint density at radius 1 is 1.24 bits per heavy atom. The minimum Gasteiger partial charge on any atom is -0.369 e. The molecule has 2 aromatic carbocycles. The molecule has 0 saturated heterocycles. The van der Waals surface area contributed by atoms with Crippen LogP contribution in [0.3, 0.4) is 0 Å². The Kier molecular flexibility index (Phi) is 3.29. The predicted octanol–water partition coefficient (Wildman–Crippen LogP) is 2.28. The Morgan fingerprint density at radius 2 is 1.95 bits per heavy atom. The molecular weight excluding hydrogens is 330 g/mol. The summed E-state index contributed by atoms with van der Waals surface area (Å²) >= 11 is 3.45. The van der Waals surface area contributed by atoms with Crippen LogP contribution in [0, 0.1) is 6.07 Å². The molecule has 2 aromatic rings. The minimum atomic E-state index is -1.13. The topological polar surface area (TPSA) is 58.7 Å². The molecule has 2 N–H and O–H groups in total. The van der Waals surface area contributed by atoms with Crippen molar-refractivity contribution in [2.45, 2.75) is 5.54 Å². The number of carbonyl (C=O) groups is 1. The lowest BCUT2D eigenvalue weighted by Crippen LogP contribution is -2.41. The highest BCUT2D eigenvalue weighted by Crippen LogP contribution is 2.39. The van der Waals surface area contributed by atoms with Crippen LogP contribution in [0.15, 0.2) is 58.0 Å². The van der Waals surface area contributed by atoms with Gasteiger partial charge in [-0.25, -0.2) is 4.99 Å². The van der Waals surface area contributed by atoms with Gasteiger partial charge in [-0.05, 0) is 29.3 Å². The first-order valence-electron chi connectivity index (χ1n) is 6.42. The molecule has 5 heteroatoms. The number of nitrogens with zero attached hydrogens (tertiary/aromatic N) is 2. The van der Waals surface area contributed by atoms with Gasteiger partial charge in [-0.15, -0.1) is 0 Å². The maximum atomic E-state index is 12.9. The predicted molar refractivity (Wildman–Crippen MR) is 84.6 cm³/mol. The largest absolute Gasteiger partial charge is 0.369 e. The standard InChI is InChI=1S/C16H13BrN3O/c1-20-14(21)16(19-15(20)18,11-6-3-2-4-7-11)12-8-5-9-13(17)10-12/h3-10H,1H3,(H2,18,19). The Hall–Kier alpha value is -2.14. The molecule has 0 spiro atoms. The van der Waals surface area contributed by atoms with Crippen molar-refractivity contribution in [2.75, 3.05) is 7.05 Å². The summed E-state index contributed by atoms with van der Waals surface area (Å²) in [6, 6.07) is 17.8. The Balaban J connectivity index is 2.30. The van der Waals surface area contributed by atoms with Crippen LogP contribution in [0.5, 0.6) is 0 Å². The number of carbonyl (C=O) groups excluding carboxylic acids is 1. The highest BCUT2D eigenvalue weighted by molar-refractivity contribution is 9.10. The van der Waals surface area contributed by atoms with Crippen LogP contribution in [-0.2, 0) is 10.3 Å². The fraction of sp³-hybridized carbons (Fsp3) is 0.125. The summed E-state index contributed by atoms with van der Waals surface area (Å²) in [5.74, 6) is 0.0529. The van der Waals surface area contributed by atoms with Gasteiger partial charge in [-0.1, -0.05) is 52.3 Å². The van der Waals surface area contributed by atoms with Crippen molar-refractivity contribution < 1.29 is 4.79 Å². The fourth-order valence-corrected chi connectivity index (χ4v) is 2.92. The maximum Gasteiger partial charge on any atom is 0.266 e. The molecule has 1 amide bonds. The van der Waals surface area contributed by atoms with Crippen LogP contribution in [0.4, 0.5) is 0 Å². The van der Waals surface area contributed by atoms with E-state index in [0.29, 0.717) is 0 Å². The number of hydrogen-bond donors (Lipinski definition) is 1. The number of amides is 1. The number of hydrogen-bond acceptors (Lipinski definition) is 3. The van der Waals surface area contributed by atoms with Crippen molar-refractivity contribution in [1.29, 1.82) is 0 Å². The van der Waals surface area contributed by atoms with E-state index in [1.165, 1.54) is 4.90 Å². The first kappa shape index (κ1) is 13.8. The first-order valence-corrected chi connectivity index (χ1v) is 7.21. The second-order valence-electron chi connectivity index (χ2n) is 4.84. The van der Waals surface area contributed by atoms with Gasteiger partial charge in [-0.3, -0.25) is 9.69 Å². The minimum absolute atomic E-state index is 0.163. The summed E-state index contributed by atoms with van der Waals surface area (Å²) in [6.45, 7) is 0. The van der Waals surface area contributed by atoms with Crippen molar-refractivity contribution in [3.63, 3.8) is 0 Å². The van der Waals surface area contributed by atoms with E-state index in [1.807, 2.05) is 36.4 Å². The lowest BCUT2D eigenvalue weighted by molar-refractivity contribution is -0.129. The van der Waals surface area contributed by atoms with E-state index in [2.05, 4.69) is 27.0 Å². The molecule has 3 rings (SSSR count). The number of guanidine groups is 1. The van der Waals surface area contributed by atoms with Gasteiger partial charge in [0.25, 0.3) is 5.91 Å². The molecule has 0 bridgehead atoms. The second-order valence-corrected chi connectivity index (χ2v) is 5.76. The number of nitrogens with two attached hydrogens (primary N) is 1. The molecule has 4 nitrogen and oxygen atoms in total. The Labute approximate surface area is 131 Å². The van der Waals surface area contributed by atoms with Gasteiger partial charge in [0.05, 0.1) is 0 Å². The molecule has 1 aliphatic rings. The molecule has 105 valence electrons. The van der Waals surface area contributed by atoms with Crippen LogP contribution in [-0.4, -0.2) is 23.8 Å². The first-order chi connectivity index (χ1) is 10.1. The van der Waals surface area contributed by atoms with E-state index in [9.17, 15) is 4.79 Å². The van der Waals surface area contributed by atoms with Crippen LogP contribution < -0.4 is 5.73 Å². The average molecular weight is 343 g/mol. The summed E-state index contributed by atoms with van der Waals surface area (Å²) in [5, 5.41) is 0. The van der Waals surface area contributed by atoms with Crippen LogP contribution in [0.2, 0.25) is 0 Å².